The smallest absolute Gasteiger partial charge is 0.275 e. The van der Waals surface area contributed by atoms with Gasteiger partial charge in [-0.05, 0) is 18.6 Å². The minimum absolute atomic E-state index is 0.00264. The highest BCUT2D eigenvalue weighted by Crippen LogP contribution is 2.28. The molecule has 0 aliphatic heterocycles. The highest BCUT2D eigenvalue weighted by atomic mass is 16.6. The molecule has 0 amide bonds. The first-order chi connectivity index (χ1) is 7.47. The topological polar surface area (TPSA) is 104 Å². The Hall–Kier alpha value is -1.50. The number of nitro benzene ring substituents is 1. The summed E-state index contributed by atoms with van der Waals surface area (Å²) < 4.78 is 0. The maximum Gasteiger partial charge on any atom is 0.275 e. The van der Waals surface area contributed by atoms with E-state index in [1.807, 2.05) is 0 Å². The molecule has 1 aromatic rings. The number of hydrogen-bond donors (Lipinski definition) is 3. The van der Waals surface area contributed by atoms with Crippen LogP contribution in [-0.2, 0) is 0 Å². The fourth-order valence-corrected chi connectivity index (χ4v) is 1.37. The van der Waals surface area contributed by atoms with Crippen LogP contribution in [0.25, 0.3) is 0 Å². The van der Waals surface area contributed by atoms with E-state index in [2.05, 4.69) is 0 Å². The van der Waals surface area contributed by atoms with Gasteiger partial charge in [0.25, 0.3) is 5.69 Å². The van der Waals surface area contributed by atoms with Crippen molar-refractivity contribution in [3.8, 4) is 0 Å². The lowest BCUT2D eigenvalue weighted by Crippen LogP contribution is -2.22. The molecule has 0 aliphatic carbocycles. The molecule has 0 radical (unpaired) electrons. The summed E-state index contributed by atoms with van der Waals surface area (Å²) in [6.07, 6.45) is -2.90. The van der Waals surface area contributed by atoms with E-state index in [9.17, 15) is 20.3 Å². The van der Waals surface area contributed by atoms with Crippen molar-refractivity contribution in [3.63, 3.8) is 0 Å². The van der Waals surface area contributed by atoms with Gasteiger partial charge in [-0.1, -0.05) is 6.07 Å². The van der Waals surface area contributed by atoms with Gasteiger partial charge in [0, 0.05) is 6.07 Å². The number of aliphatic hydroxyl groups is 3. The van der Waals surface area contributed by atoms with Crippen LogP contribution in [0.4, 0.5) is 5.69 Å². The summed E-state index contributed by atoms with van der Waals surface area (Å²) in [6.45, 7) is 1.03. The minimum Gasteiger partial charge on any atom is -0.394 e. The van der Waals surface area contributed by atoms with E-state index in [0.29, 0.717) is 5.56 Å². The zero-order valence-corrected chi connectivity index (χ0v) is 8.70. The lowest BCUT2D eigenvalue weighted by Gasteiger charge is -2.15. The summed E-state index contributed by atoms with van der Waals surface area (Å²) >= 11 is 0. The standard InChI is InChI=1S/C10H13NO5/c1-6-2-3-7(8(4-6)11(15)16)10(14)9(13)5-12/h2-4,9-10,12-14H,5H2,1H3. The van der Waals surface area contributed by atoms with Crippen molar-refractivity contribution in [2.24, 2.45) is 0 Å². The van der Waals surface area contributed by atoms with Crippen LogP contribution < -0.4 is 0 Å². The second-order valence-electron chi connectivity index (χ2n) is 3.51. The Morgan fingerprint density at radius 2 is 2.06 bits per heavy atom. The SMILES string of the molecule is Cc1ccc(C(O)C(O)CO)c([N+](=O)[O-])c1. The zero-order valence-electron chi connectivity index (χ0n) is 8.70. The minimum atomic E-state index is -1.47. The molecule has 3 N–H and O–H groups in total. The highest BCUT2D eigenvalue weighted by Gasteiger charge is 2.25. The first-order valence-corrected chi connectivity index (χ1v) is 4.69. The van der Waals surface area contributed by atoms with E-state index in [-0.39, 0.29) is 11.3 Å². The number of aliphatic hydroxyl groups excluding tert-OH is 3. The Kier molecular flexibility index (Phi) is 3.94. The molecule has 6 heteroatoms. The van der Waals surface area contributed by atoms with E-state index < -0.39 is 23.7 Å². The molecular weight excluding hydrogens is 214 g/mol. The van der Waals surface area contributed by atoms with Gasteiger partial charge in [-0.2, -0.15) is 0 Å². The predicted molar refractivity (Wildman–Crippen MR) is 55.9 cm³/mol. The van der Waals surface area contributed by atoms with E-state index in [1.165, 1.54) is 12.1 Å². The van der Waals surface area contributed by atoms with Crippen molar-refractivity contribution in [1.82, 2.24) is 0 Å². The van der Waals surface area contributed by atoms with E-state index in [1.54, 1.807) is 13.0 Å². The molecule has 6 nitrogen and oxygen atoms in total. The molecule has 2 atom stereocenters. The van der Waals surface area contributed by atoms with Gasteiger partial charge in [-0.25, -0.2) is 0 Å². The third-order valence-electron chi connectivity index (χ3n) is 2.25. The maximum absolute atomic E-state index is 10.7. The van der Waals surface area contributed by atoms with Crippen LogP contribution >= 0.6 is 0 Å². The van der Waals surface area contributed by atoms with Gasteiger partial charge in [-0.15, -0.1) is 0 Å². The van der Waals surface area contributed by atoms with Crippen LogP contribution in [0.15, 0.2) is 18.2 Å². The maximum atomic E-state index is 10.7. The predicted octanol–water partition coefficient (Wildman–Crippen LogP) is 0.290. The number of nitro groups is 1. The van der Waals surface area contributed by atoms with Gasteiger partial charge >= 0.3 is 0 Å². The summed E-state index contributed by atoms with van der Waals surface area (Å²) in [4.78, 5) is 10.1. The van der Waals surface area contributed by atoms with Crippen LogP contribution in [0.1, 0.15) is 17.2 Å². The lowest BCUT2D eigenvalue weighted by atomic mass is 10.0. The molecule has 0 aliphatic rings. The Bertz CT molecular complexity index is 393. The average Bonchev–Trinajstić information content (AvgIpc) is 2.26. The Morgan fingerprint density at radius 1 is 1.44 bits per heavy atom. The van der Waals surface area contributed by atoms with Crippen molar-refractivity contribution in [2.45, 2.75) is 19.1 Å². The van der Waals surface area contributed by atoms with Crippen LogP contribution in [0, 0.1) is 17.0 Å². The van der Waals surface area contributed by atoms with Gasteiger partial charge < -0.3 is 15.3 Å². The van der Waals surface area contributed by atoms with Crippen LogP contribution in [-0.4, -0.2) is 33.0 Å². The van der Waals surface area contributed by atoms with Gasteiger partial charge in [0.1, 0.15) is 12.2 Å². The van der Waals surface area contributed by atoms with Crippen molar-refractivity contribution in [1.29, 1.82) is 0 Å². The average molecular weight is 227 g/mol. The van der Waals surface area contributed by atoms with Gasteiger partial charge in [0.05, 0.1) is 17.1 Å². The molecule has 1 aromatic carbocycles. The first-order valence-electron chi connectivity index (χ1n) is 4.69. The molecule has 1 rings (SSSR count). The van der Waals surface area contributed by atoms with Crippen LogP contribution in [0.5, 0.6) is 0 Å². The summed E-state index contributed by atoms with van der Waals surface area (Å²) in [5.41, 5.74) is 0.415. The molecule has 0 saturated heterocycles. The Labute approximate surface area is 91.9 Å². The normalized spacial score (nSPS) is 14.5. The lowest BCUT2D eigenvalue weighted by molar-refractivity contribution is -0.386. The summed E-state index contributed by atoms with van der Waals surface area (Å²) in [5, 5.41) is 38.2. The molecule has 0 bridgehead atoms. The second kappa shape index (κ2) is 5.02. The number of aryl methyl sites for hydroxylation is 1. The molecule has 16 heavy (non-hydrogen) atoms. The van der Waals surface area contributed by atoms with Crippen molar-refractivity contribution in [2.75, 3.05) is 6.61 Å². The largest absolute Gasteiger partial charge is 0.394 e. The summed E-state index contributed by atoms with van der Waals surface area (Å²) in [5.74, 6) is 0. The summed E-state index contributed by atoms with van der Waals surface area (Å²) in [6, 6.07) is 4.27. The molecule has 0 spiro atoms. The van der Waals surface area contributed by atoms with Crippen molar-refractivity contribution in [3.05, 3.63) is 39.4 Å². The first kappa shape index (κ1) is 12.6. The number of rotatable bonds is 4. The van der Waals surface area contributed by atoms with Crippen LogP contribution in [0.3, 0.4) is 0 Å². The quantitative estimate of drug-likeness (QED) is 0.506. The molecule has 2 unspecified atom stereocenters. The molecular formula is C10H13NO5. The van der Waals surface area contributed by atoms with E-state index in [4.69, 9.17) is 5.11 Å². The van der Waals surface area contributed by atoms with Gasteiger partial charge in [0.2, 0.25) is 0 Å². The number of benzene rings is 1. The van der Waals surface area contributed by atoms with Crippen molar-refractivity contribution < 1.29 is 20.2 Å². The molecule has 0 heterocycles. The highest BCUT2D eigenvalue weighted by molar-refractivity contribution is 5.44. The Balaban J connectivity index is 3.17. The molecule has 0 saturated carbocycles. The third-order valence-corrected chi connectivity index (χ3v) is 2.25. The van der Waals surface area contributed by atoms with E-state index in [0.717, 1.165) is 0 Å². The fraction of sp³-hybridized carbons (Fsp3) is 0.400. The third kappa shape index (κ3) is 2.54. The van der Waals surface area contributed by atoms with Gasteiger partial charge in [0.15, 0.2) is 0 Å². The summed E-state index contributed by atoms with van der Waals surface area (Å²) in [7, 11) is 0. The van der Waals surface area contributed by atoms with Gasteiger partial charge in [-0.3, -0.25) is 10.1 Å². The van der Waals surface area contributed by atoms with Crippen molar-refractivity contribution >= 4 is 5.69 Å². The van der Waals surface area contributed by atoms with E-state index >= 15 is 0 Å². The molecule has 88 valence electrons. The molecule has 0 aromatic heterocycles. The number of nitrogens with zero attached hydrogens (tertiary/aromatic N) is 1. The monoisotopic (exact) mass is 227 g/mol. The zero-order chi connectivity index (χ0) is 12.3. The number of hydrogen-bond acceptors (Lipinski definition) is 5. The second-order valence-corrected chi connectivity index (χ2v) is 3.51. The Morgan fingerprint density at radius 3 is 2.56 bits per heavy atom. The van der Waals surface area contributed by atoms with Crippen LogP contribution in [0.2, 0.25) is 0 Å². The fourth-order valence-electron chi connectivity index (χ4n) is 1.37. The molecule has 0 fully saturated rings.